The predicted octanol–water partition coefficient (Wildman–Crippen LogP) is 4.38. The highest BCUT2D eigenvalue weighted by Gasteiger charge is 2.31. The minimum absolute atomic E-state index is 0.162. The lowest BCUT2D eigenvalue weighted by Crippen LogP contribution is -2.49. The van der Waals surface area contributed by atoms with Crippen molar-refractivity contribution in [2.45, 2.75) is 32.9 Å². The number of anilines is 1. The molecule has 1 saturated heterocycles. The minimum Gasteiger partial charge on any atom is -0.465 e. The lowest BCUT2D eigenvalue weighted by atomic mass is 10.0. The van der Waals surface area contributed by atoms with Gasteiger partial charge in [0.15, 0.2) is 0 Å². The van der Waals surface area contributed by atoms with Crippen molar-refractivity contribution in [3.05, 3.63) is 112 Å². The van der Waals surface area contributed by atoms with Crippen LogP contribution < -0.4 is 10.6 Å². The highest BCUT2D eigenvalue weighted by Crippen LogP contribution is 2.27. The zero-order valence-corrected chi connectivity index (χ0v) is 22.7. The van der Waals surface area contributed by atoms with E-state index in [1.165, 1.54) is 4.68 Å². The van der Waals surface area contributed by atoms with Crippen LogP contribution in [-0.2, 0) is 9.53 Å². The van der Waals surface area contributed by atoms with Crippen molar-refractivity contribution in [1.82, 2.24) is 19.2 Å². The molecule has 8 heteroatoms. The topological polar surface area (TPSA) is 72.6 Å². The number of aromatic nitrogens is 3. The Bertz CT molecular complexity index is 1460. The van der Waals surface area contributed by atoms with E-state index >= 15 is 0 Å². The van der Waals surface area contributed by atoms with Gasteiger partial charge in [0.05, 0.1) is 18.3 Å². The molecule has 39 heavy (non-hydrogen) atoms. The Hall–Kier alpha value is -4.17. The molecule has 0 bridgehead atoms. The third-order valence-corrected chi connectivity index (χ3v) is 7.45. The molecule has 2 atom stereocenters. The number of piperazine rings is 1. The molecule has 8 nitrogen and oxygen atoms in total. The summed E-state index contributed by atoms with van der Waals surface area (Å²) in [6.07, 6.45) is 1.60. The Morgan fingerprint density at radius 3 is 2.18 bits per heavy atom. The molecule has 1 fully saturated rings. The summed E-state index contributed by atoms with van der Waals surface area (Å²) in [5, 5.41) is 4.41. The molecule has 0 spiro atoms. The number of rotatable bonds is 8. The van der Waals surface area contributed by atoms with Gasteiger partial charge in [-0.1, -0.05) is 60.7 Å². The van der Waals surface area contributed by atoms with E-state index < -0.39 is 6.04 Å². The van der Waals surface area contributed by atoms with Crippen LogP contribution in [0.5, 0.6) is 0 Å². The molecule has 202 valence electrons. The number of benzene rings is 3. The van der Waals surface area contributed by atoms with Crippen molar-refractivity contribution in [1.29, 1.82) is 0 Å². The molecule has 1 aliphatic heterocycles. The Morgan fingerprint density at radius 1 is 0.923 bits per heavy atom. The summed E-state index contributed by atoms with van der Waals surface area (Å²) in [5.41, 5.74) is 4.74. The summed E-state index contributed by atoms with van der Waals surface area (Å²) >= 11 is 0. The van der Waals surface area contributed by atoms with Crippen LogP contribution in [0.25, 0.3) is 5.69 Å². The van der Waals surface area contributed by atoms with Gasteiger partial charge < -0.3 is 9.64 Å². The number of ether oxygens (including phenoxy) is 1. The number of aryl methyl sites for hydroxylation is 1. The molecule has 0 N–H and O–H groups in total. The van der Waals surface area contributed by atoms with Crippen molar-refractivity contribution < 1.29 is 9.53 Å². The van der Waals surface area contributed by atoms with Gasteiger partial charge >= 0.3 is 11.7 Å². The summed E-state index contributed by atoms with van der Waals surface area (Å²) < 4.78 is 8.55. The smallest absolute Gasteiger partial charge is 0.350 e. The quantitative estimate of drug-likeness (QED) is 0.318. The van der Waals surface area contributed by atoms with Crippen molar-refractivity contribution in [2.75, 3.05) is 37.7 Å². The van der Waals surface area contributed by atoms with Gasteiger partial charge in [0.25, 0.3) is 0 Å². The van der Waals surface area contributed by atoms with Crippen LogP contribution in [0.4, 0.5) is 5.69 Å². The van der Waals surface area contributed by atoms with E-state index in [0.29, 0.717) is 6.61 Å². The second kappa shape index (κ2) is 11.7. The molecule has 3 aromatic carbocycles. The molecule has 0 amide bonds. The molecule has 1 aromatic heterocycles. The van der Waals surface area contributed by atoms with Crippen LogP contribution in [0, 0.1) is 6.92 Å². The van der Waals surface area contributed by atoms with E-state index in [9.17, 15) is 9.59 Å². The van der Waals surface area contributed by atoms with Crippen LogP contribution in [0.15, 0.2) is 90.0 Å². The first-order valence-corrected chi connectivity index (χ1v) is 13.5. The van der Waals surface area contributed by atoms with E-state index in [1.807, 2.05) is 87.5 Å². The molecule has 0 radical (unpaired) electrons. The van der Waals surface area contributed by atoms with E-state index in [-0.39, 0.29) is 17.7 Å². The second-order valence-corrected chi connectivity index (χ2v) is 9.87. The van der Waals surface area contributed by atoms with Gasteiger partial charge in [-0.2, -0.15) is 5.10 Å². The van der Waals surface area contributed by atoms with Crippen LogP contribution in [0.3, 0.4) is 0 Å². The Kier molecular flexibility index (Phi) is 7.93. The fourth-order valence-corrected chi connectivity index (χ4v) is 5.32. The van der Waals surface area contributed by atoms with E-state index in [0.717, 1.165) is 54.2 Å². The molecule has 0 saturated carbocycles. The summed E-state index contributed by atoms with van der Waals surface area (Å²) in [5.74, 6) is -0.204. The predicted molar refractivity (Wildman–Crippen MR) is 152 cm³/mol. The summed E-state index contributed by atoms with van der Waals surface area (Å²) in [7, 11) is 0. The molecule has 4 aromatic rings. The molecule has 2 heterocycles. The van der Waals surface area contributed by atoms with Crippen LogP contribution >= 0.6 is 0 Å². The number of esters is 1. The zero-order valence-electron chi connectivity index (χ0n) is 22.7. The number of carbonyl (C=O) groups excluding carboxylic acids is 1. The van der Waals surface area contributed by atoms with Crippen molar-refractivity contribution >= 4 is 11.7 Å². The lowest BCUT2D eigenvalue weighted by Gasteiger charge is -2.39. The van der Waals surface area contributed by atoms with Gasteiger partial charge in [0.2, 0.25) is 0 Å². The molecular weight excluding hydrogens is 490 g/mol. The van der Waals surface area contributed by atoms with Crippen LogP contribution in [0.2, 0.25) is 0 Å². The minimum atomic E-state index is -0.404. The van der Waals surface area contributed by atoms with Crippen LogP contribution in [-0.4, -0.2) is 58.0 Å². The van der Waals surface area contributed by atoms with E-state index in [2.05, 4.69) is 27.0 Å². The number of hydrogen-bond donors (Lipinski definition) is 0. The fourth-order valence-electron chi connectivity index (χ4n) is 5.32. The van der Waals surface area contributed by atoms with Crippen molar-refractivity contribution in [3.8, 4) is 5.69 Å². The van der Waals surface area contributed by atoms with Crippen LogP contribution in [0.1, 0.15) is 42.6 Å². The molecule has 5 rings (SSSR count). The zero-order chi connectivity index (χ0) is 27.4. The largest absolute Gasteiger partial charge is 0.465 e. The average Bonchev–Trinajstić information content (AvgIpc) is 3.35. The standard InChI is InChI=1S/C31H35N5O3/c1-4-39-30(37)29(26-13-9-6-10-14-26)34-19-17-33(18-20-34)27-15-16-28(23(2)21-27)35-22-32-36(31(35)38)24(3)25-11-7-5-8-12-25/h5-16,21-22,24,29H,4,17-20H2,1-3H3/t24-,29-/m1/s1. The Labute approximate surface area is 229 Å². The second-order valence-electron chi connectivity index (χ2n) is 9.87. The first kappa shape index (κ1) is 26.4. The Morgan fingerprint density at radius 2 is 1.56 bits per heavy atom. The molecule has 0 unspecified atom stereocenters. The summed E-state index contributed by atoms with van der Waals surface area (Å²) in [4.78, 5) is 30.6. The molecule has 1 aliphatic rings. The monoisotopic (exact) mass is 525 g/mol. The lowest BCUT2D eigenvalue weighted by molar-refractivity contribution is -0.150. The first-order valence-electron chi connectivity index (χ1n) is 13.5. The maximum atomic E-state index is 13.3. The van der Waals surface area contributed by atoms with E-state index in [1.54, 1.807) is 10.9 Å². The first-order chi connectivity index (χ1) is 19.0. The van der Waals surface area contributed by atoms with Gasteiger partial charge in [-0.05, 0) is 55.7 Å². The SMILES string of the molecule is CCOC(=O)[C@@H](c1ccccc1)N1CCN(c2ccc(-n3cnn([C@H](C)c4ccccc4)c3=O)c(C)c2)CC1. The fraction of sp³-hybridized carbons (Fsp3) is 0.323. The maximum Gasteiger partial charge on any atom is 0.350 e. The maximum absolute atomic E-state index is 13.3. The number of hydrogen-bond acceptors (Lipinski definition) is 6. The van der Waals surface area contributed by atoms with Gasteiger partial charge in [-0.25, -0.2) is 18.8 Å². The highest BCUT2D eigenvalue weighted by molar-refractivity contribution is 5.77. The molecule has 0 aliphatic carbocycles. The third-order valence-electron chi connectivity index (χ3n) is 7.45. The van der Waals surface area contributed by atoms with Crippen molar-refractivity contribution in [3.63, 3.8) is 0 Å². The van der Waals surface area contributed by atoms with Gasteiger partial charge in [-0.3, -0.25) is 4.90 Å². The number of nitrogens with zero attached hydrogens (tertiary/aromatic N) is 5. The highest BCUT2D eigenvalue weighted by atomic mass is 16.5. The average molecular weight is 526 g/mol. The summed E-state index contributed by atoms with van der Waals surface area (Å²) in [6.45, 7) is 9.25. The van der Waals surface area contributed by atoms with E-state index in [4.69, 9.17) is 4.74 Å². The summed E-state index contributed by atoms with van der Waals surface area (Å²) in [6, 6.07) is 25.4. The molecular formula is C31H35N5O3. The van der Waals surface area contributed by atoms with Gasteiger partial charge in [0.1, 0.15) is 12.4 Å². The number of carbonyl (C=O) groups is 1. The normalized spacial score (nSPS) is 15.6. The van der Waals surface area contributed by atoms with Gasteiger partial charge in [0, 0.05) is 31.9 Å². The Balaban J connectivity index is 1.30. The van der Waals surface area contributed by atoms with Crippen molar-refractivity contribution in [2.24, 2.45) is 0 Å². The third kappa shape index (κ3) is 5.52. The van der Waals surface area contributed by atoms with Gasteiger partial charge in [-0.15, -0.1) is 0 Å².